The lowest BCUT2D eigenvalue weighted by atomic mass is 9.94. The third-order valence-electron chi connectivity index (χ3n) is 5.46. The molecule has 1 aromatic heterocycles. The topological polar surface area (TPSA) is 54.2 Å². The lowest BCUT2D eigenvalue weighted by molar-refractivity contribution is 0.404. The fourth-order valence-corrected chi connectivity index (χ4v) is 4.22. The third-order valence-corrected chi connectivity index (χ3v) is 5.76. The minimum absolute atomic E-state index is 0.308. The fourth-order valence-electron chi connectivity index (χ4n) is 3.86. The molecule has 0 bridgehead atoms. The Morgan fingerprint density at radius 3 is 2.21 bits per heavy atom. The Bertz CT molecular complexity index is 1340. The zero-order valence-corrected chi connectivity index (χ0v) is 18.3. The maximum Gasteiger partial charge on any atom is 0.258 e. The number of benzene rings is 3. The van der Waals surface area contributed by atoms with Gasteiger partial charge < -0.3 is 9.84 Å². The van der Waals surface area contributed by atoms with Crippen LogP contribution in [0.3, 0.4) is 0 Å². The van der Waals surface area contributed by atoms with Crippen LogP contribution in [0.2, 0.25) is 0 Å². The van der Waals surface area contributed by atoms with Gasteiger partial charge in [-0.1, -0.05) is 47.6 Å². The van der Waals surface area contributed by atoms with Crippen molar-refractivity contribution in [3.63, 3.8) is 0 Å². The van der Waals surface area contributed by atoms with Crippen LogP contribution in [0.5, 0.6) is 0 Å². The van der Waals surface area contributed by atoms with Crippen molar-refractivity contribution >= 4 is 28.6 Å². The molecule has 164 valence electrons. The fraction of sp³-hybridized carbons (Fsp3) is 0.0800. The summed E-state index contributed by atoms with van der Waals surface area (Å²) in [7, 11) is 0. The summed E-state index contributed by atoms with van der Waals surface area (Å²) in [6.45, 7) is 1.88. The second kappa shape index (κ2) is 8.55. The predicted octanol–water partition coefficient (Wildman–Crippen LogP) is 5.88. The van der Waals surface area contributed by atoms with E-state index >= 15 is 0 Å². The van der Waals surface area contributed by atoms with Gasteiger partial charge in [0.1, 0.15) is 11.6 Å². The van der Waals surface area contributed by atoms with Crippen LogP contribution in [-0.2, 0) is 0 Å². The number of allylic oxidation sites excluding steroid dienone is 1. The minimum atomic E-state index is -0.445. The van der Waals surface area contributed by atoms with Crippen LogP contribution >= 0.6 is 12.2 Å². The average Bonchev–Trinajstić information content (AvgIpc) is 3.31. The molecule has 33 heavy (non-hydrogen) atoms. The largest absolute Gasteiger partial charge is 0.351 e. The van der Waals surface area contributed by atoms with Gasteiger partial charge in [0.15, 0.2) is 5.11 Å². The van der Waals surface area contributed by atoms with Gasteiger partial charge in [-0.15, -0.1) is 0 Å². The summed E-state index contributed by atoms with van der Waals surface area (Å²) in [6, 6.07) is 21.2. The molecule has 8 heteroatoms. The molecule has 5 rings (SSSR count). The van der Waals surface area contributed by atoms with Crippen LogP contribution in [0.4, 0.5) is 14.5 Å². The van der Waals surface area contributed by atoms with Gasteiger partial charge in [-0.05, 0) is 61.1 Å². The van der Waals surface area contributed by atoms with Gasteiger partial charge in [0.05, 0.1) is 11.6 Å². The second-order valence-corrected chi connectivity index (χ2v) is 7.92. The van der Waals surface area contributed by atoms with E-state index in [1.54, 1.807) is 29.2 Å². The number of nitrogens with zero attached hydrogens (tertiary/aromatic N) is 3. The van der Waals surface area contributed by atoms with E-state index < -0.39 is 6.04 Å². The van der Waals surface area contributed by atoms with Crippen molar-refractivity contribution in [2.45, 2.75) is 13.0 Å². The molecule has 1 atom stereocenters. The molecule has 0 saturated heterocycles. The molecule has 4 aromatic rings. The zero-order valence-electron chi connectivity index (χ0n) is 17.5. The molecule has 1 aliphatic heterocycles. The smallest absolute Gasteiger partial charge is 0.258 e. The van der Waals surface area contributed by atoms with Crippen LogP contribution in [-0.4, -0.2) is 15.3 Å². The maximum atomic E-state index is 13.6. The molecule has 1 N–H and O–H groups in total. The lowest BCUT2D eigenvalue weighted by Crippen LogP contribution is -2.46. The number of thiocarbonyl (C=S) groups is 1. The number of hydrogen-bond donors (Lipinski definition) is 1. The van der Waals surface area contributed by atoms with Crippen LogP contribution in [0.25, 0.3) is 17.0 Å². The maximum absolute atomic E-state index is 13.6. The number of hydrogen-bond acceptors (Lipinski definition) is 4. The van der Waals surface area contributed by atoms with Crippen molar-refractivity contribution in [1.29, 1.82) is 0 Å². The van der Waals surface area contributed by atoms with Crippen LogP contribution in [0.15, 0.2) is 89.1 Å². The summed E-state index contributed by atoms with van der Waals surface area (Å²) in [4.78, 5) is 6.42. The molecule has 0 fully saturated rings. The number of anilines is 1. The number of nitrogens with one attached hydrogen (secondary N) is 1. The highest BCUT2D eigenvalue weighted by Gasteiger charge is 2.34. The Hall–Kier alpha value is -3.91. The summed E-state index contributed by atoms with van der Waals surface area (Å²) >= 11 is 5.65. The lowest BCUT2D eigenvalue weighted by Gasteiger charge is -2.37. The van der Waals surface area contributed by atoms with Gasteiger partial charge >= 0.3 is 0 Å². The molecule has 1 aliphatic rings. The standard InChI is InChI=1S/C25H18F2N4OS/c1-15-21(24-29-23(30-32-24)17-5-3-2-4-6-17)22(16-7-9-18(26)10-8-16)28-25(33)31(15)20-13-11-19(27)12-14-20/h2-14,22H,1H3,(H,28,33). The first kappa shape index (κ1) is 21.0. The Balaban J connectivity index is 1.65. The molecule has 0 aliphatic carbocycles. The van der Waals surface area contributed by atoms with Gasteiger partial charge in [-0.3, -0.25) is 4.90 Å². The first-order chi connectivity index (χ1) is 16.0. The summed E-state index contributed by atoms with van der Waals surface area (Å²) in [5.74, 6) is 0.0783. The predicted molar refractivity (Wildman–Crippen MR) is 126 cm³/mol. The molecule has 0 amide bonds. The van der Waals surface area contributed by atoms with Gasteiger partial charge in [0, 0.05) is 16.9 Å². The van der Waals surface area contributed by atoms with E-state index in [2.05, 4.69) is 15.5 Å². The average molecular weight is 461 g/mol. The summed E-state index contributed by atoms with van der Waals surface area (Å²) in [5.41, 5.74) is 3.71. The molecule has 5 nitrogen and oxygen atoms in total. The van der Waals surface area contributed by atoms with E-state index in [1.807, 2.05) is 37.3 Å². The molecule has 1 unspecified atom stereocenters. The Morgan fingerprint density at radius 2 is 1.55 bits per heavy atom. The quantitative estimate of drug-likeness (QED) is 0.384. The van der Waals surface area contributed by atoms with E-state index in [-0.39, 0.29) is 11.6 Å². The van der Waals surface area contributed by atoms with E-state index in [4.69, 9.17) is 16.7 Å². The van der Waals surface area contributed by atoms with Gasteiger partial charge in [-0.25, -0.2) is 8.78 Å². The van der Waals surface area contributed by atoms with Crippen LogP contribution < -0.4 is 10.2 Å². The number of halogens is 2. The van der Waals surface area contributed by atoms with Gasteiger partial charge in [0.25, 0.3) is 5.89 Å². The van der Waals surface area contributed by atoms with Crippen molar-refractivity contribution in [1.82, 2.24) is 15.5 Å². The highest BCUT2D eigenvalue weighted by molar-refractivity contribution is 7.80. The SMILES string of the molecule is CC1=C(c2nc(-c3ccccc3)no2)C(c2ccc(F)cc2)NC(=S)N1c1ccc(F)cc1. The van der Waals surface area contributed by atoms with Crippen molar-refractivity contribution in [3.8, 4) is 11.4 Å². The Kier molecular flexibility index (Phi) is 5.43. The molecule has 0 saturated carbocycles. The van der Waals surface area contributed by atoms with Crippen LogP contribution in [0.1, 0.15) is 24.4 Å². The first-order valence-corrected chi connectivity index (χ1v) is 10.6. The molecule has 0 radical (unpaired) electrons. The highest BCUT2D eigenvalue weighted by Crippen LogP contribution is 2.39. The van der Waals surface area contributed by atoms with E-state index in [0.717, 1.165) is 16.8 Å². The van der Waals surface area contributed by atoms with E-state index in [9.17, 15) is 8.78 Å². The van der Waals surface area contributed by atoms with Crippen LogP contribution in [0, 0.1) is 11.6 Å². The number of rotatable bonds is 4. The molecular formula is C25H18F2N4OS. The summed E-state index contributed by atoms with van der Waals surface area (Å²) in [6.07, 6.45) is 0. The van der Waals surface area contributed by atoms with Gasteiger partial charge in [0.2, 0.25) is 5.82 Å². The normalized spacial score (nSPS) is 16.2. The van der Waals surface area contributed by atoms with Crippen molar-refractivity contribution in [2.75, 3.05) is 4.90 Å². The van der Waals surface area contributed by atoms with Crippen molar-refractivity contribution in [2.24, 2.45) is 0 Å². The van der Waals surface area contributed by atoms with E-state index in [0.29, 0.717) is 28.1 Å². The molecule has 3 aromatic carbocycles. The Labute approximate surface area is 194 Å². The molecule has 0 spiro atoms. The van der Waals surface area contributed by atoms with Crippen molar-refractivity contribution < 1.29 is 13.3 Å². The van der Waals surface area contributed by atoms with E-state index in [1.165, 1.54) is 24.3 Å². The highest BCUT2D eigenvalue weighted by atomic mass is 32.1. The zero-order chi connectivity index (χ0) is 22.9. The number of aromatic nitrogens is 2. The second-order valence-electron chi connectivity index (χ2n) is 7.53. The summed E-state index contributed by atoms with van der Waals surface area (Å²) < 4.78 is 32.8. The Morgan fingerprint density at radius 1 is 0.909 bits per heavy atom. The summed E-state index contributed by atoms with van der Waals surface area (Å²) in [5, 5.41) is 7.87. The van der Waals surface area contributed by atoms with Crippen molar-refractivity contribution in [3.05, 3.63) is 108 Å². The van der Waals surface area contributed by atoms with Gasteiger partial charge in [-0.2, -0.15) is 4.98 Å². The molecule has 2 heterocycles. The minimum Gasteiger partial charge on any atom is -0.351 e. The monoisotopic (exact) mass is 460 g/mol. The first-order valence-electron chi connectivity index (χ1n) is 10.2. The molecular weight excluding hydrogens is 442 g/mol. The third kappa shape index (κ3) is 4.01.